The van der Waals surface area contributed by atoms with E-state index in [0.717, 1.165) is 5.92 Å². The zero-order valence-corrected chi connectivity index (χ0v) is 16.3. The first-order chi connectivity index (χ1) is 12.5. The molecule has 0 radical (unpaired) electrons. The third kappa shape index (κ3) is 16.6. The molecule has 2 aromatic rings. The zero-order chi connectivity index (χ0) is 20.8. The molecule has 1 nitrogen and oxygen atoms in total. The highest BCUT2D eigenvalue weighted by atomic mass is 14.6. The van der Waals surface area contributed by atoms with E-state index in [1.165, 1.54) is 23.4 Å². The molecule has 0 bridgehead atoms. The van der Waals surface area contributed by atoms with Gasteiger partial charge in [0.25, 0.3) is 0 Å². The van der Waals surface area contributed by atoms with Gasteiger partial charge in [-0.05, 0) is 23.8 Å². The fourth-order valence-electron chi connectivity index (χ4n) is 1.33. The maximum absolute atomic E-state index is 6.91. The topological polar surface area (TPSA) is 14.1 Å². The molecule has 0 aliphatic carbocycles. The van der Waals surface area contributed by atoms with Crippen LogP contribution in [0.2, 0.25) is 1.41 Å². The van der Waals surface area contributed by atoms with Crippen LogP contribution in [-0.2, 0) is 0 Å². The summed E-state index contributed by atoms with van der Waals surface area (Å²) in [5.41, 5.74) is 1.45. The molecule has 0 spiro atoms. The average Bonchev–Trinajstić information content (AvgIpc) is 2.72. The highest BCUT2D eigenvalue weighted by molar-refractivity contribution is 5.18. The fraction of sp³-hybridized carbons (Fsp3) is 0.500. The lowest BCUT2D eigenvalue weighted by molar-refractivity contribution is -0.377. The predicted molar refractivity (Wildman–Crippen MR) is 107 cm³/mol. The molecular weight excluding hydrogens is 278 g/mol. The van der Waals surface area contributed by atoms with Crippen LogP contribution < -0.4 is 4.98 Å². The number of aromatic amines is 1. The Balaban J connectivity index is -0.000000291. The molecule has 1 heteroatoms. The molecule has 1 aromatic carbocycles. The zero-order valence-electron chi connectivity index (χ0n) is 19.3. The van der Waals surface area contributed by atoms with Gasteiger partial charge in [0.15, 0.2) is 12.4 Å². The van der Waals surface area contributed by atoms with E-state index in [1.54, 1.807) is 12.4 Å². The molecule has 0 saturated carbocycles. The molecule has 0 aliphatic heterocycles. The lowest BCUT2D eigenvalue weighted by Gasteiger charge is -2.06. The first-order valence-corrected chi connectivity index (χ1v) is 9.01. The van der Waals surface area contributed by atoms with Crippen molar-refractivity contribution in [2.24, 2.45) is 5.92 Å². The number of hydrogen-bond donors (Lipinski definition) is 0. The van der Waals surface area contributed by atoms with Gasteiger partial charge in [-0.15, -0.1) is 0 Å². The smallest absolute Gasteiger partial charge is 0.218 e. The van der Waals surface area contributed by atoms with E-state index in [9.17, 15) is 0 Å². The third-order valence-corrected chi connectivity index (χ3v) is 3.36. The van der Waals surface area contributed by atoms with Crippen molar-refractivity contribution in [3.63, 3.8) is 0 Å². The summed E-state index contributed by atoms with van der Waals surface area (Å²) < 4.78 is 16.9. The van der Waals surface area contributed by atoms with E-state index < -0.39 is 0 Å². The normalized spacial score (nSPS) is 11.0. The minimum atomic E-state index is 0.709. The van der Waals surface area contributed by atoms with Crippen LogP contribution in [0.4, 0.5) is 0 Å². The molecule has 2 rings (SSSR count). The van der Waals surface area contributed by atoms with E-state index >= 15 is 0 Å². The molecule has 1 N–H and O–H groups in total. The quantitative estimate of drug-likeness (QED) is 0.576. The van der Waals surface area contributed by atoms with Crippen molar-refractivity contribution in [3.05, 3.63) is 66.5 Å². The summed E-state index contributed by atoms with van der Waals surface area (Å²) in [4.78, 5) is 1.25. The summed E-state index contributed by atoms with van der Waals surface area (Å²) in [6, 6.07) is 16.1. The Kier molecular flexibility index (Phi) is 15.5. The molecule has 1 atom stereocenters. The number of rotatable bonds is 3. The van der Waals surface area contributed by atoms with Gasteiger partial charge in [0.05, 0.1) is 0 Å². The molecular formula is C22H40N+. The maximum atomic E-state index is 6.91. The lowest BCUT2D eigenvalue weighted by Crippen LogP contribution is -1.93. The standard InChI is InChI=1S/C10H14.C5H5N.C5H12.C2H6.H2/c1-3-9(2)10-7-5-4-6-8-10;1-2-4-6-5-3-1;1-4-5(2)3;1-2;/h4-9H,3H2,1-2H3;1-5H;5H,4H2,1-3H3;1-2H3;1H/p+1/i;;;;1+1D/hD. The van der Waals surface area contributed by atoms with Crippen molar-refractivity contribution in [1.82, 2.24) is 0 Å². The molecule has 23 heavy (non-hydrogen) atoms. The van der Waals surface area contributed by atoms with Crippen LogP contribution in [0, 0.1) is 5.92 Å². The molecule has 1 heterocycles. The van der Waals surface area contributed by atoms with E-state index in [4.69, 9.17) is 4.38 Å². The van der Waals surface area contributed by atoms with Crippen molar-refractivity contribution < 1.29 is 9.36 Å². The summed E-state index contributed by atoms with van der Waals surface area (Å²) in [6.45, 7) is 15.1. The number of aromatic nitrogens is 1. The second kappa shape index (κ2) is 18.4. The first kappa shape index (κ1) is 19.4. The Morgan fingerprint density at radius 3 is 1.65 bits per heavy atom. The van der Waals surface area contributed by atoms with Crippen molar-refractivity contribution in [1.29, 1.82) is 0 Å². The van der Waals surface area contributed by atoms with Gasteiger partial charge in [0.2, 0.25) is 0 Å². The van der Waals surface area contributed by atoms with Crippen LogP contribution in [-0.4, -0.2) is 0 Å². The van der Waals surface area contributed by atoms with Crippen LogP contribution >= 0.6 is 0 Å². The lowest BCUT2D eigenvalue weighted by atomic mass is 9.99. The molecule has 0 aliphatic rings. The van der Waals surface area contributed by atoms with Crippen LogP contribution in [0.15, 0.2) is 60.9 Å². The summed E-state index contributed by atoms with van der Waals surface area (Å²) in [6.07, 6.45) is 5.87. The van der Waals surface area contributed by atoms with Crippen molar-refractivity contribution in [2.75, 3.05) is 0 Å². The Hall–Kier alpha value is -1.63. The van der Waals surface area contributed by atoms with Crippen molar-refractivity contribution in [3.8, 4) is 0 Å². The van der Waals surface area contributed by atoms with Crippen LogP contribution in [0.3, 0.4) is 0 Å². The molecule has 1 aromatic heterocycles. The van der Waals surface area contributed by atoms with E-state index in [2.05, 4.69) is 65.0 Å². The van der Waals surface area contributed by atoms with Gasteiger partial charge in [-0.1, -0.05) is 91.3 Å². The van der Waals surface area contributed by atoms with Crippen LogP contribution in [0.1, 0.15) is 75.8 Å². The average molecular weight is 322 g/mol. The minimum Gasteiger partial charge on any atom is -0.218 e. The highest BCUT2D eigenvalue weighted by Gasteiger charge is 1.98. The second-order valence-electron chi connectivity index (χ2n) is 5.55. The van der Waals surface area contributed by atoms with E-state index in [1.807, 2.05) is 32.0 Å². The Labute approximate surface area is 149 Å². The molecule has 0 amide bonds. The first-order valence-electron chi connectivity index (χ1n) is 10.5. The second-order valence-corrected chi connectivity index (χ2v) is 5.55. The maximum Gasteiger partial charge on any atom is 0.453 e. The van der Waals surface area contributed by atoms with Gasteiger partial charge in [0, 0.05) is 15.1 Å². The van der Waals surface area contributed by atoms with E-state index in [-0.39, 0.29) is 0 Å². The van der Waals surface area contributed by atoms with Gasteiger partial charge < -0.3 is 0 Å². The number of benzene rings is 1. The molecule has 1 unspecified atom stereocenters. The number of nitrogens with one attached hydrogen (secondary N) is 1. The Morgan fingerprint density at radius 1 is 0.913 bits per heavy atom. The molecule has 0 saturated heterocycles. The summed E-state index contributed by atoms with van der Waals surface area (Å²) >= 11 is 0. The van der Waals surface area contributed by atoms with Gasteiger partial charge in [-0.3, -0.25) is 0 Å². The van der Waals surface area contributed by atoms with Gasteiger partial charge in [-0.25, -0.2) is 4.98 Å². The van der Waals surface area contributed by atoms with Crippen LogP contribution in [0.25, 0.3) is 0 Å². The van der Waals surface area contributed by atoms with Crippen LogP contribution in [0.5, 0.6) is 0 Å². The number of H-pyrrole nitrogens is 1. The van der Waals surface area contributed by atoms with Gasteiger partial charge in [-0.2, -0.15) is 0 Å². The Morgan fingerprint density at radius 2 is 1.35 bits per heavy atom. The molecule has 0 fully saturated rings. The minimum absolute atomic E-state index is 0.709. The van der Waals surface area contributed by atoms with E-state index in [0.29, 0.717) is 5.92 Å². The summed E-state index contributed by atoms with van der Waals surface area (Å²) in [5.74, 6) is 1.59. The Bertz CT molecular complexity index is 461. The number of pyridine rings is 1. The van der Waals surface area contributed by atoms with Crippen molar-refractivity contribution >= 4 is 0 Å². The SMILES string of the molecule is CC.CCC(C)C.CCC(C)c1ccccc1.[2H][2H].[2H][n+]1ccccc1. The third-order valence-electron chi connectivity index (χ3n) is 3.36. The summed E-state index contributed by atoms with van der Waals surface area (Å²) in [5, 5.41) is 0. The number of hydrogen-bond acceptors (Lipinski definition) is 0. The van der Waals surface area contributed by atoms with Crippen molar-refractivity contribution in [2.45, 2.75) is 67.2 Å². The largest absolute Gasteiger partial charge is 0.453 e. The van der Waals surface area contributed by atoms with Gasteiger partial charge in [0.1, 0.15) is 0 Å². The molecule has 132 valence electrons. The fourth-order valence-corrected chi connectivity index (χ4v) is 1.33. The monoisotopic (exact) mass is 321 g/mol. The summed E-state index contributed by atoms with van der Waals surface area (Å²) in [7, 11) is 0. The predicted octanol–water partition coefficient (Wildman–Crippen LogP) is 7.03. The highest BCUT2D eigenvalue weighted by Crippen LogP contribution is 2.16. The van der Waals surface area contributed by atoms with Gasteiger partial charge >= 0.3 is 1.41 Å².